The SMILES string of the molecule is NCc1ccc(Cl)cc1CNC(=O)C1CCCN1C(=O)C(O)(c1cccc(Cl)c1)c1ccccn1. The van der Waals surface area contributed by atoms with E-state index in [1.54, 1.807) is 48.5 Å². The third-order valence-corrected chi connectivity index (χ3v) is 6.72. The number of hydrogen-bond donors (Lipinski definition) is 3. The highest BCUT2D eigenvalue weighted by molar-refractivity contribution is 6.31. The molecule has 1 aromatic heterocycles. The Balaban J connectivity index is 1.60. The van der Waals surface area contributed by atoms with E-state index in [1.165, 1.54) is 17.2 Å². The van der Waals surface area contributed by atoms with Crippen molar-refractivity contribution in [3.8, 4) is 0 Å². The minimum atomic E-state index is -2.10. The number of hydrogen-bond acceptors (Lipinski definition) is 5. The second-order valence-corrected chi connectivity index (χ2v) is 9.30. The molecule has 1 aliphatic rings. The number of aliphatic hydroxyl groups is 1. The zero-order chi connectivity index (χ0) is 25.0. The van der Waals surface area contributed by atoms with Crippen molar-refractivity contribution < 1.29 is 14.7 Å². The van der Waals surface area contributed by atoms with E-state index in [4.69, 9.17) is 28.9 Å². The molecular formula is C26H26Cl2N4O3. The predicted octanol–water partition coefficient (Wildman–Crippen LogP) is 3.39. The van der Waals surface area contributed by atoms with Crippen molar-refractivity contribution in [3.63, 3.8) is 0 Å². The molecule has 2 heterocycles. The molecular weight excluding hydrogens is 487 g/mol. The van der Waals surface area contributed by atoms with Gasteiger partial charge in [-0.15, -0.1) is 0 Å². The number of carbonyl (C=O) groups excluding carboxylic acids is 2. The Labute approximate surface area is 213 Å². The number of pyridine rings is 1. The van der Waals surface area contributed by atoms with Crippen molar-refractivity contribution in [2.24, 2.45) is 5.73 Å². The maximum Gasteiger partial charge on any atom is 0.266 e. The molecule has 2 unspecified atom stereocenters. The summed E-state index contributed by atoms with van der Waals surface area (Å²) in [5.41, 5.74) is 5.83. The Bertz CT molecular complexity index is 1220. The molecule has 4 N–H and O–H groups in total. The van der Waals surface area contributed by atoms with E-state index in [9.17, 15) is 14.7 Å². The van der Waals surface area contributed by atoms with Gasteiger partial charge in [-0.1, -0.05) is 47.5 Å². The first-order valence-corrected chi connectivity index (χ1v) is 12.1. The summed E-state index contributed by atoms with van der Waals surface area (Å²) in [7, 11) is 0. The maximum absolute atomic E-state index is 13.9. The van der Waals surface area contributed by atoms with Crippen molar-refractivity contribution >= 4 is 35.0 Å². The molecule has 35 heavy (non-hydrogen) atoms. The second-order valence-electron chi connectivity index (χ2n) is 8.43. The van der Waals surface area contributed by atoms with Crippen LogP contribution in [0.15, 0.2) is 66.9 Å². The first-order valence-electron chi connectivity index (χ1n) is 11.3. The molecule has 3 aromatic rings. The lowest BCUT2D eigenvalue weighted by molar-refractivity contribution is -0.152. The molecule has 0 aliphatic carbocycles. The number of halogens is 2. The summed E-state index contributed by atoms with van der Waals surface area (Å²) >= 11 is 12.3. The van der Waals surface area contributed by atoms with E-state index >= 15 is 0 Å². The van der Waals surface area contributed by atoms with Gasteiger partial charge in [0.2, 0.25) is 11.5 Å². The molecule has 4 rings (SSSR count). The number of nitrogens with one attached hydrogen (secondary N) is 1. The van der Waals surface area contributed by atoms with Gasteiger partial charge in [-0.3, -0.25) is 14.6 Å². The monoisotopic (exact) mass is 512 g/mol. The zero-order valence-electron chi connectivity index (χ0n) is 19.0. The van der Waals surface area contributed by atoms with Crippen LogP contribution in [0.2, 0.25) is 10.0 Å². The van der Waals surface area contributed by atoms with Gasteiger partial charge in [0, 0.05) is 41.4 Å². The molecule has 7 nitrogen and oxygen atoms in total. The van der Waals surface area contributed by atoms with E-state index in [0.29, 0.717) is 36.0 Å². The van der Waals surface area contributed by atoms with Crippen LogP contribution in [0.25, 0.3) is 0 Å². The van der Waals surface area contributed by atoms with Gasteiger partial charge in [-0.05, 0) is 60.4 Å². The highest BCUT2D eigenvalue weighted by Crippen LogP contribution is 2.34. The molecule has 2 atom stereocenters. The molecule has 9 heteroatoms. The van der Waals surface area contributed by atoms with E-state index < -0.39 is 17.6 Å². The van der Waals surface area contributed by atoms with Crippen molar-refractivity contribution in [3.05, 3.63) is 99.3 Å². The van der Waals surface area contributed by atoms with Gasteiger partial charge < -0.3 is 21.1 Å². The first kappa shape index (κ1) is 25.1. The number of likely N-dealkylation sites (tertiary alicyclic amines) is 1. The van der Waals surface area contributed by atoms with Crippen LogP contribution >= 0.6 is 23.2 Å². The third kappa shape index (κ3) is 5.18. The van der Waals surface area contributed by atoms with Gasteiger partial charge >= 0.3 is 0 Å². The van der Waals surface area contributed by atoms with E-state index in [2.05, 4.69) is 10.3 Å². The van der Waals surface area contributed by atoms with E-state index in [0.717, 1.165) is 11.1 Å². The minimum absolute atomic E-state index is 0.157. The van der Waals surface area contributed by atoms with Crippen LogP contribution in [0.3, 0.4) is 0 Å². The average molecular weight is 513 g/mol. The van der Waals surface area contributed by atoms with Gasteiger partial charge in [0.15, 0.2) is 0 Å². The summed E-state index contributed by atoms with van der Waals surface area (Å²) in [5.74, 6) is -0.935. The maximum atomic E-state index is 13.9. The fourth-order valence-corrected chi connectivity index (χ4v) is 4.80. The fourth-order valence-electron chi connectivity index (χ4n) is 4.42. The van der Waals surface area contributed by atoms with Crippen molar-refractivity contribution in [1.29, 1.82) is 0 Å². The Hall–Kier alpha value is -2.97. The van der Waals surface area contributed by atoms with Crippen LogP contribution in [-0.2, 0) is 28.3 Å². The minimum Gasteiger partial charge on any atom is -0.371 e. The van der Waals surface area contributed by atoms with E-state index in [1.807, 2.05) is 6.07 Å². The average Bonchev–Trinajstić information content (AvgIpc) is 3.37. The largest absolute Gasteiger partial charge is 0.371 e. The quantitative estimate of drug-likeness (QED) is 0.449. The summed E-state index contributed by atoms with van der Waals surface area (Å²) in [5, 5.41) is 15.7. The molecule has 2 amide bonds. The molecule has 2 aromatic carbocycles. The van der Waals surface area contributed by atoms with Crippen molar-refractivity contribution in [1.82, 2.24) is 15.2 Å². The van der Waals surface area contributed by atoms with Crippen LogP contribution in [0.5, 0.6) is 0 Å². The number of carbonyl (C=O) groups is 2. The Morgan fingerprint density at radius 3 is 2.60 bits per heavy atom. The van der Waals surface area contributed by atoms with Crippen LogP contribution in [0.1, 0.15) is 35.2 Å². The lowest BCUT2D eigenvalue weighted by Crippen LogP contribution is -2.53. The number of rotatable bonds is 7. The van der Waals surface area contributed by atoms with Gasteiger partial charge in [0.1, 0.15) is 6.04 Å². The highest BCUT2D eigenvalue weighted by atomic mass is 35.5. The number of aromatic nitrogens is 1. The lowest BCUT2D eigenvalue weighted by atomic mass is 9.88. The molecule has 1 saturated heterocycles. The molecule has 1 aliphatic heterocycles. The van der Waals surface area contributed by atoms with Gasteiger partial charge in [0.05, 0.1) is 5.69 Å². The van der Waals surface area contributed by atoms with Gasteiger partial charge in [0.25, 0.3) is 5.91 Å². The molecule has 1 fully saturated rings. The summed E-state index contributed by atoms with van der Waals surface area (Å²) in [4.78, 5) is 32.8. The van der Waals surface area contributed by atoms with Crippen molar-refractivity contribution in [2.45, 2.75) is 37.6 Å². The number of nitrogens with zero attached hydrogens (tertiary/aromatic N) is 2. The Kier molecular flexibility index (Phi) is 7.72. The number of nitrogens with two attached hydrogens (primary N) is 1. The smallest absolute Gasteiger partial charge is 0.266 e. The van der Waals surface area contributed by atoms with Crippen LogP contribution in [0, 0.1) is 0 Å². The summed E-state index contributed by atoms with van der Waals surface area (Å²) in [6.45, 7) is 0.869. The van der Waals surface area contributed by atoms with Gasteiger partial charge in [-0.2, -0.15) is 0 Å². The van der Waals surface area contributed by atoms with Crippen molar-refractivity contribution in [2.75, 3.05) is 6.54 Å². The molecule has 0 bridgehead atoms. The summed E-state index contributed by atoms with van der Waals surface area (Å²) in [6, 6.07) is 16.1. The Morgan fingerprint density at radius 1 is 1.09 bits per heavy atom. The second kappa shape index (κ2) is 10.7. The topological polar surface area (TPSA) is 109 Å². The third-order valence-electron chi connectivity index (χ3n) is 6.25. The van der Waals surface area contributed by atoms with Crippen LogP contribution < -0.4 is 11.1 Å². The number of amides is 2. The first-order chi connectivity index (χ1) is 16.8. The molecule has 0 spiro atoms. The zero-order valence-corrected chi connectivity index (χ0v) is 20.5. The molecule has 182 valence electrons. The van der Waals surface area contributed by atoms with E-state index in [-0.39, 0.29) is 23.7 Å². The number of benzene rings is 2. The van der Waals surface area contributed by atoms with Crippen LogP contribution in [0.4, 0.5) is 0 Å². The Morgan fingerprint density at radius 2 is 1.89 bits per heavy atom. The summed E-state index contributed by atoms with van der Waals surface area (Å²) < 4.78 is 0. The van der Waals surface area contributed by atoms with Crippen LogP contribution in [-0.4, -0.2) is 39.4 Å². The molecule has 0 radical (unpaired) electrons. The lowest BCUT2D eigenvalue weighted by Gasteiger charge is -2.34. The normalized spacial score (nSPS) is 17.1. The highest BCUT2D eigenvalue weighted by Gasteiger charge is 2.48. The predicted molar refractivity (Wildman–Crippen MR) is 135 cm³/mol. The van der Waals surface area contributed by atoms with Gasteiger partial charge in [-0.25, -0.2) is 0 Å². The summed E-state index contributed by atoms with van der Waals surface area (Å²) in [6.07, 6.45) is 2.61. The molecule has 0 saturated carbocycles. The fraction of sp³-hybridized carbons (Fsp3) is 0.269. The standard InChI is InChI=1S/C26H26Cl2N4O3/c27-20-6-3-5-19(14-20)26(35,23-8-1-2-11-30-23)25(34)32-12-4-7-22(32)24(33)31-16-18-13-21(28)10-9-17(18)15-29/h1-3,5-6,8-11,13-14,22,35H,4,7,12,15-16,29H2,(H,31,33).